The van der Waals surface area contributed by atoms with Gasteiger partial charge < -0.3 is 23.7 Å². The van der Waals surface area contributed by atoms with E-state index in [-0.39, 0.29) is 12.4 Å². The van der Waals surface area contributed by atoms with E-state index in [0.29, 0.717) is 28.7 Å². The van der Waals surface area contributed by atoms with Gasteiger partial charge >= 0.3 is 0 Å². The van der Waals surface area contributed by atoms with Crippen molar-refractivity contribution in [1.82, 2.24) is 4.98 Å². The third kappa shape index (κ3) is 2.76. The van der Waals surface area contributed by atoms with Gasteiger partial charge in [-0.25, -0.2) is 0 Å². The van der Waals surface area contributed by atoms with Crippen LogP contribution in [0.25, 0.3) is 22.0 Å². The smallest absolute Gasteiger partial charge is 0.204 e. The van der Waals surface area contributed by atoms with Gasteiger partial charge in [-0.2, -0.15) is 0 Å². The first-order valence-electron chi connectivity index (χ1n) is 8.52. The van der Waals surface area contributed by atoms with Crippen molar-refractivity contribution in [2.24, 2.45) is 0 Å². The molecule has 1 aliphatic carbocycles. The van der Waals surface area contributed by atoms with Gasteiger partial charge in [0.2, 0.25) is 5.75 Å². The fourth-order valence-electron chi connectivity index (χ4n) is 3.78. The summed E-state index contributed by atoms with van der Waals surface area (Å²) in [5, 5.41) is 1.92. The predicted octanol–water partition coefficient (Wildman–Crippen LogP) is 4.27. The number of hydrogen-bond acceptors (Lipinski definition) is 6. The lowest BCUT2D eigenvalue weighted by molar-refractivity contribution is 0.327. The molecule has 0 atom stereocenters. The van der Waals surface area contributed by atoms with Gasteiger partial charge in [-0.3, -0.25) is 4.98 Å². The van der Waals surface area contributed by atoms with E-state index in [1.165, 1.54) is 0 Å². The van der Waals surface area contributed by atoms with Crippen molar-refractivity contribution >= 4 is 23.2 Å². The number of nitrogens with zero attached hydrogens (tertiary/aromatic N) is 1. The van der Waals surface area contributed by atoms with E-state index >= 15 is 0 Å². The van der Waals surface area contributed by atoms with Gasteiger partial charge in [-0.1, -0.05) is 0 Å². The van der Waals surface area contributed by atoms with Crippen molar-refractivity contribution in [1.29, 1.82) is 0 Å². The van der Waals surface area contributed by atoms with E-state index in [2.05, 4.69) is 0 Å². The number of benzene rings is 2. The van der Waals surface area contributed by atoms with Crippen LogP contribution in [-0.4, -0.2) is 40.5 Å². The van der Waals surface area contributed by atoms with Crippen LogP contribution in [0, 0.1) is 0 Å². The second-order valence-electron chi connectivity index (χ2n) is 6.23. The molecule has 0 N–H and O–H groups in total. The number of halogens is 1. The molecule has 0 spiro atoms. The van der Waals surface area contributed by atoms with Gasteiger partial charge in [0.15, 0.2) is 23.0 Å². The third-order valence-electron chi connectivity index (χ3n) is 5.03. The van der Waals surface area contributed by atoms with Gasteiger partial charge in [0.1, 0.15) is 0 Å². The van der Waals surface area contributed by atoms with Crippen LogP contribution < -0.4 is 23.7 Å². The monoisotopic (exact) mass is 403 g/mol. The quantitative estimate of drug-likeness (QED) is 0.496. The summed E-state index contributed by atoms with van der Waals surface area (Å²) in [5.41, 5.74) is 4.26. The van der Waals surface area contributed by atoms with E-state index < -0.39 is 0 Å². The Morgan fingerprint density at radius 1 is 0.714 bits per heavy atom. The van der Waals surface area contributed by atoms with Crippen molar-refractivity contribution in [2.45, 2.75) is 6.42 Å². The second kappa shape index (κ2) is 7.64. The molecular weight excluding hydrogens is 382 g/mol. The Morgan fingerprint density at radius 2 is 1.36 bits per heavy atom. The molecule has 6 nitrogen and oxygen atoms in total. The van der Waals surface area contributed by atoms with Crippen LogP contribution in [0.2, 0.25) is 0 Å². The molecule has 4 rings (SSSR count). The van der Waals surface area contributed by atoms with E-state index in [9.17, 15) is 0 Å². The maximum absolute atomic E-state index is 5.62. The molecule has 0 amide bonds. The number of hydrogen-bond donors (Lipinski definition) is 0. The van der Waals surface area contributed by atoms with Crippen LogP contribution >= 0.6 is 12.4 Å². The lowest BCUT2D eigenvalue weighted by Gasteiger charge is -2.16. The maximum Gasteiger partial charge on any atom is 0.204 e. The van der Waals surface area contributed by atoms with Gasteiger partial charge in [0.05, 0.1) is 41.2 Å². The van der Waals surface area contributed by atoms with E-state index in [0.717, 1.165) is 39.6 Å². The molecule has 0 radical (unpaired) electrons. The largest absolute Gasteiger partial charge is 0.493 e. The van der Waals surface area contributed by atoms with Crippen molar-refractivity contribution in [3.63, 3.8) is 0 Å². The number of rotatable bonds is 5. The van der Waals surface area contributed by atoms with Crippen LogP contribution in [0.3, 0.4) is 0 Å². The molecule has 0 bridgehead atoms. The van der Waals surface area contributed by atoms with Crippen molar-refractivity contribution in [3.05, 3.63) is 35.5 Å². The summed E-state index contributed by atoms with van der Waals surface area (Å²) >= 11 is 0. The molecule has 28 heavy (non-hydrogen) atoms. The summed E-state index contributed by atoms with van der Waals surface area (Å²) in [4.78, 5) is 4.73. The average Bonchev–Trinajstić information content (AvgIpc) is 3.08. The van der Waals surface area contributed by atoms with Gasteiger partial charge in [0, 0.05) is 23.6 Å². The highest BCUT2D eigenvalue weighted by Crippen LogP contribution is 2.49. The molecule has 2 aromatic carbocycles. The minimum absolute atomic E-state index is 0. The highest BCUT2D eigenvalue weighted by molar-refractivity contribution is 5.99. The highest BCUT2D eigenvalue weighted by Gasteiger charge is 2.27. The van der Waals surface area contributed by atoms with Crippen LogP contribution in [0.1, 0.15) is 11.1 Å². The standard InChI is InChI=1S/C21H21NO5.ClH/c1-23-16-7-11-6-14-13-9-18(25-3)21(27-5)20(26-4)15(13)10-22-19(14)12(11)8-17(16)24-2;/h7-10H,6H2,1-5H3;1H. The van der Waals surface area contributed by atoms with Gasteiger partial charge in [0.25, 0.3) is 0 Å². The maximum atomic E-state index is 5.62. The molecular formula is C21H22ClNO5. The Balaban J connectivity index is 0.00000225. The van der Waals surface area contributed by atoms with E-state index in [1.54, 1.807) is 35.5 Å². The zero-order valence-electron chi connectivity index (χ0n) is 16.4. The van der Waals surface area contributed by atoms with Crippen molar-refractivity contribution < 1.29 is 23.7 Å². The summed E-state index contributed by atoms with van der Waals surface area (Å²) in [5.74, 6) is 3.21. The third-order valence-corrected chi connectivity index (χ3v) is 5.03. The Labute approximate surface area is 169 Å². The SMILES string of the molecule is COc1cc2c(cc1OC)-c1ncc3c(OC)c(OC)c(OC)cc3c1C2.Cl. The number of fused-ring (bicyclic) bond motifs is 5. The molecule has 0 saturated heterocycles. The minimum Gasteiger partial charge on any atom is -0.493 e. The van der Waals surface area contributed by atoms with Gasteiger partial charge in [-0.05, 0) is 34.7 Å². The number of methoxy groups -OCH3 is 5. The van der Waals surface area contributed by atoms with Crippen LogP contribution in [0.4, 0.5) is 0 Å². The first kappa shape index (κ1) is 19.9. The first-order valence-corrected chi connectivity index (χ1v) is 8.52. The predicted molar refractivity (Wildman–Crippen MR) is 110 cm³/mol. The lowest BCUT2D eigenvalue weighted by Crippen LogP contribution is -1.98. The molecule has 1 aromatic heterocycles. The van der Waals surface area contributed by atoms with Crippen LogP contribution in [-0.2, 0) is 6.42 Å². The average molecular weight is 404 g/mol. The summed E-state index contributed by atoms with van der Waals surface area (Å²) < 4.78 is 27.6. The zero-order chi connectivity index (χ0) is 19.1. The Hall–Kier alpha value is -2.86. The normalized spacial score (nSPS) is 11.3. The Bertz CT molecular complexity index is 1050. The number of ether oxygens (including phenoxy) is 5. The van der Waals surface area contributed by atoms with Crippen molar-refractivity contribution in [2.75, 3.05) is 35.5 Å². The van der Waals surface area contributed by atoms with Gasteiger partial charge in [-0.15, -0.1) is 12.4 Å². The molecule has 0 aliphatic heterocycles. The van der Waals surface area contributed by atoms with Crippen LogP contribution in [0.5, 0.6) is 28.7 Å². The molecule has 0 fully saturated rings. The molecule has 7 heteroatoms. The fourth-order valence-corrected chi connectivity index (χ4v) is 3.78. The summed E-state index contributed by atoms with van der Waals surface area (Å²) in [7, 11) is 8.11. The fraction of sp³-hybridized carbons (Fsp3) is 0.286. The number of aromatic nitrogens is 1. The van der Waals surface area contributed by atoms with E-state index in [4.69, 9.17) is 28.7 Å². The molecule has 1 aliphatic rings. The first-order chi connectivity index (χ1) is 13.2. The molecule has 3 aromatic rings. The molecule has 1 heterocycles. The zero-order valence-corrected chi connectivity index (χ0v) is 17.2. The lowest BCUT2D eigenvalue weighted by atomic mass is 10.0. The Kier molecular flexibility index (Phi) is 5.42. The molecule has 148 valence electrons. The van der Waals surface area contributed by atoms with Crippen molar-refractivity contribution in [3.8, 4) is 40.0 Å². The summed E-state index contributed by atoms with van der Waals surface area (Å²) in [6, 6.07) is 5.98. The minimum atomic E-state index is 0. The number of pyridine rings is 1. The van der Waals surface area contributed by atoms with Crippen LogP contribution in [0.15, 0.2) is 24.4 Å². The Morgan fingerprint density at radius 3 is 1.96 bits per heavy atom. The van der Waals surface area contributed by atoms with E-state index in [1.807, 2.05) is 24.4 Å². The topological polar surface area (TPSA) is 59.0 Å². The molecule has 0 unspecified atom stereocenters. The highest BCUT2D eigenvalue weighted by atomic mass is 35.5. The molecule has 0 saturated carbocycles. The summed E-state index contributed by atoms with van der Waals surface area (Å²) in [6.45, 7) is 0. The summed E-state index contributed by atoms with van der Waals surface area (Å²) in [6.07, 6.45) is 2.56. The second-order valence-corrected chi connectivity index (χ2v) is 6.23.